The molecule has 35 heavy (non-hydrogen) atoms. The largest absolute Gasteiger partial charge is 0.444 e. The van der Waals surface area contributed by atoms with Crippen LogP contribution in [-0.4, -0.2) is 49.0 Å². The van der Waals surface area contributed by atoms with Gasteiger partial charge in [-0.05, 0) is 82.2 Å². The predicted octanol–water partition coefficient (Wildman–Crippen LogP) is 7.93. The number of carbonyl (C=O) groups is 1. The Labute approximate surface area is 221 Å². The number of nitrogens with zero attached hydrogens (tertiary/aromatic N) is 1. The van der Waals surface area contributed by atoms with Crippen molar-refractivity contribution in [3.8, 4) is 11.1 Å². The molecule has 5 nitrogen and oxygen atoms in total. The second kappa shape index (κ2) is 16.0. The van der Waals surface area contributed by atoms with Gasteiger partial charge in [0.2, 0.25) is 0 Å². The second-order valence-corrected chi connectivity index (χ2v) is 10.8. The molecule has 1 atom stereocenters. The monoisotopic (exact) mass is 549 g/mol. The quantitative estimate of drug-likeness (QED) is 0.305. The van der Waals surface area contributed by atoms with E-state index in [1.807, 2.05) is 39.0 Å². The van der Waals surface area contributed by atoms with Crippen molar-refractivity contribution < 1.29 is 19.4 Å². The Morgan fingerprint density at radius 3 is 2.40 bits per heavy atom. The number of aliphatic hydroxyl groups excluding tert-OH is 1. The Morgan fingerprint density at radius 1 is 1.11 bits per heavy atom. The van der Waals surface area contributed by atoms with Crippen LogP contribution >= 0.6 is 15.9 Å². The lowest BCUT2D eigenvalue weighted by Crippen LogP contribution is -2.34. The molecule has 1 N–H and O–H groups in total. The van der Waals surface area contributed by atoms with E-state index in [4.69, 9.17) is 9.47 Å². The maximum Gasteiger partial charge on any atom is 0.410 e. The normalized spacial score (nSPS) is 11.9. The van der Waals surface area contributed by atoms with Crippen LogP contribution in [0.15, 0.2) is 46.9 Å². The fraction of sp³-hybridized carbons (Fsp3) is 0.552. The van der Waals surface area contributed by atoms with Crippen molar-refractivity contribution in [1.82, 2.24) is 4.90 Å². The summed E-state index contributed by atoms with van der Waals surface area (Å²) >= 11 is 3.54. The van der Waals surface area contributed by atoms with Crippen LogP contribution < -0.4 is 0 Å². The van der Waals surface area contributed by atoms with Gasteiger partial charge in [0.1, 0.15) is 5.60 Å². The van der Waals surface area contributed by atoms with Gasteiger partial charge >= 0.3 is 6.09 Å². The number of halogens is 1. The number of methoxy groups -OCH3 is 1. The van der Waals surface area contributed by atoms with E-state index in [2.05, 4.69) is 54.0 Å². The Balaban J connectivity index is 0.000000905. The van der Waals surface area contributed by atoms with Gasteiger partial charge in [0.25, 0.3) is 0 Å². The molecule has 2 rings (SSSR count). The molecule has 1 unspecified atom stereocenters. The van der Waals surface area contributed by atoms with Crippen molar-refractivity contribution in [2.45, 2.75) is 78.4 Å². The minimum absolute atomic E-state index is 0.312. The average molecular weight is 551 g/mol. The number of benzene rings is 2. The third kappa shape index (κ3) is 12.6. The first-order chi connectivity index (χ1) is 16.5. The highest BCUT2D eigenvalue weighted by atomic mass is 79.9. The molecule has 0 saturated heterocycles. The summed E-state index contributed by atoms with van der Waals surface area (Å²) < 4.78 is 11.1. The number of aliphatic hydroxyl groups is 1. The van der Waals surface area contributed by atoms with Gasteiger partial charge < -0.3 is 19.5 Å². The van der Waals surface area contributed by atoms with Crippen LogP contribution in [-0.2, 0) is 9.47 Å². The highest BCUT2D eigenvalue weighted by Gasteiger charge is 2.19. The van der Waals surface area contributed by atoms with Gasteiger partial charge in [0, 0.05) is 31.8 Å². The summed E-state index contributed by atoms with van der Waals surface area (Å²) in [4.78, 5) is 13.6. The van der Waals surface area contributed by atoms with Gasteiger partial charge in [-0.15, -0.1) is 0 Å². The molecule has 0 radical (unpaired) electrons. The summed E-state index contributed by atoms with van der Waals surface area (Å²) in [6.45, 7) is 11.3. The van der Waals surface area contributed by atoms with Crippen molar-refractivity contribution in [1.29, 1.82) is 0 Å². The average Bonchev–Trinajstić information content (AvgIpc) is 2.79. The SMILES string of the molecule is CCCCOC.Cc1cccc(-c2cc(Br)ccc2C(O)CCCCN(C)C(=O)OC(C)(C)C)c1. The second-order valence-electron chi connectivity index (χ2n) is 9.86. The summed E-state index contributed by atoms with van der Waals surface area (Å²) in [6, 6.07) is 14.3. The number of rotatable bonds is 10. The van der Waals surface area contributed by atoms with Gasteiger partial charge in [0.15, 0.2) is 0 Å². The number of hydrogen-bond acceptors (Lipinski definition) is 4. The van der Waals surface area contributed by atoms with Crippen molar-refractivity contribution in [2.75, 3.05) is 27.3 Å². The molecule has 0 spiro atoms. The number of amides is 1. The molecule has 1 amide bonds. The zero-order valence-corrected chi connectivity index (χ0v) is 24.2. The van der Waals surface area contributed by atoms with Crippen LogP contribution in [0.5, 0.6) is 0 Å². The van der Waals surface area contributed by atoms with E-state index in [1.54, 1.807) is 19.1 Å². The molecule has 0 aliphatic rings. The van der Waals surface area contributed by atoms with E-state index in [0.717, 1.165) is 40.6 Å². The summed E-state index contributed by atoms with van der Waals surface area (Å²) in [5.41, 5.74) is 3.77. The van der Waals surface area contributed by atoms with Crippen LogP contribution in [0.25, 0.3) is 11.1 Å². The fourth-order valence-corrected chi connectivity index (χ4v) is 3.80. The van der Waals surface area contributed by atoms with Gasteiger partial charge in [-0.2, -0.15) is 0 Å². The summed E-state index contributed by atoms with van der Waals surface area (Å²) in [5.74, 6) is 0. The van der Waals surface area contributed by atoms with Crippen LogP contribution in [0, 0.1) is 6.92 Å². The highest BCUT2D eigenvalue weighted by Crippen LogP contribution is 2.33. The van der Waals surface area contributed by atoms with E-state index in [-0.39, 0.29) is 6.09 Å². The molecule has 0 fully saturated rings. The lowest BCUT2D eigenvalue weighted by Gasteiger charge is -2.24. The van der Waals surface area contributed by atoms with Crippen LogP contribution in [0.3, 0.4) is 0 Å². The van der Waals surface area contributed by atoms with Gasteiger partial charge in [-0.25, -0.2) is 4.79 Å². The molecule has 0 saturated carbocycles. The van der Waals surface area contributed by atoms with Gasteiger partial charge in [0.05, 0.1) is 6.10 Å². The Hall–Kier alpha value is -1.89. The molecule has 6 heteroatoms. The lowest BCUT2D eigenvalue weighted by molar-refractivity contribution is 0.0295. The number of unbranched alkanes of at least 4 members (excludes halogenated alkanes) is 2. The summed E-state index contributed by atoms with van der Waals surface area (Å²) in [5, 5.41) is 10.8. The van der Waals surface area contributed by atoms with E-state index >= 15 is 0 Å². The van der Waals surface area contributed by atoms with Crippen molar-refractivity contribution in [3.63, 3.8) is 0 Å². The topological polar surface area (TPSA) is 59.0 Å². The zero-order valence-electron chi connectivity index (χ0n) is 22.6. The van der Waals surface area contributed by atoms with E-state index in [9.17, 15) is 9.90 Å². The Bertz CT molecular complexity index is 890. The number of ether oxygens (including phenoxy) is 2. The minimum Gasteiger partial charge on any atom is -0.444 e. The first-order valence-electron chi connectivity index (χ1n) is 12.5. The molecule has 0 aliphatic heterocycles. The third-order valence-corrected chi connectivity index (χ3v) is 5.82. The van der Waals surface area contributed by atoms with E-state index in [0.29, 0.717) is 13.0 Å². The van der Waals surface area contributed by atoms with Gasteiger partial charge in [-0.3, -0.25) is 0 Å². The predicted molar refractivity (Wildman–Crippen MR) is 149 cm³/mol. The molecule has 196 valence electrons. The number of aryl methyl sites for hydroxylation is 1. The van der Waals surface area contributed by atoms with Crippen LogP contribution in [0.4, 0.5) is 4.79 Å². The minimum atomic E-state index is -0.551. The maximum absolute atomic E-state index is 12.0. The van der Waals surface area contributed by atoms with Crippen LogP contribution in [0.1, 0.15) is 77.0 Å². The first kappa shape index (κ1) is 31.1. The fourth-order valence-electron chi connectivity index (χ4n) is 3.44. The standard InChI is InChI=1S/C24H32BrNO3.C5H12O/c1-17-9-8-10-18(15-17)21-16-19(25)12-13-20(21)22(27)11-6-7-14-26(5)23(28)29-24(2,3)4;1-3-4-5-6-2/h8-10,12-13,15-16,22,27H,6-7,11,14H2,1-5H3;3-5H2,1-2H3. The first-order valence-corrected chi connectivity index (χ1v) is 13.2. The molecular formula is C29H44BrNO4. The summed E-state index contributed by atoms with van der Waals surface area (Å²) in [6.07, 6.45) is 3.83. The van der Waals surface area contributed by atoms with E-state index < -0.39 is 11.7 Å². The molecule has 2 aromatic rings. The summed E-state index contributed by atoms with van der Waals surface area (Å²) in [7, 11) is 3.48. The molecule has 0 aromatic heterocycles. The van der Waals surface area contributed by atoms with Crippen molar-refractivity contribution >= 4 is 22.0 Å². The molecule has 0 aliphatic carbocycles. The maximum atomic E-state index is 12.0. The lowest BCUT2D eigenvalue weighted by atomic mass is 9.93. The molecule has 0 heterocycles. The van der Waals surface area contributed by atoms with Crippen molar-refractivity contribution in [3.05, 3.63) is 58.1 Å². The third-order valence-electron chi connectivity index (χ3n) is 5.33. The number of hydrogen-bond donors (Lipinski definition) is 1. The van der Waals surface area contributed by atoms with Crippen molar-refractivity contribution in [2.24, 2.45) is 0 Å². The molecule has 2 aromatic carbocycles. The Morgan fingerprint density at radius 2 is 1.83 bits per heavy atom. The van der Waals surface area contributed by atoms with E-state index in [1.165, 1.54) is 18.4 Å². The number of carbonyl (C=O) groups excluding carboxylic acids is 1. The Kier molecular flexibility index (Phi) is 14.2. The smallest absolute Gasteiger partial charge is 0.410 e. The zero-order chi connectivity index (χ0) is 26.4. The highest BCUT2D eigenvalue weighted by molar-refractivity contribution is 9.10. The van der Waals surface area contributed by atoms with Crippen LogP contribution in [0.2, 0.25) is 0 Å². The molecular weight excluding hydrogens is 506 g/mol. The van der Waals surface area contributed by atoms with Gasteiger partial charge in [-0.1, -0.05) is 65.2 Å². The molecule has 0 bridgehead atoms.